The van der Waals surface area contributed by atoms with E-state index in [1.54, 1.807) is 22.3 Å². The van der Waals surface area contributed by atoms with Gasteiger partial charge in [0, 0.05) is 65.9 Å². The minimum Gasteiger partial charge on any atom is -0.484 e. The Kier molecular flexibility index (Phi) is 21.3. The molecule has 2 heterocycles. The molecule has 0 fully saturated rings. The number of benzene rings is 12. The summed E-state index contributed by atoms with van der Waals surface area (Å²) >= 11 is 0. The lowest BCUT2D eigenvalue weighted by atomic mass is 9.70. The molecule has 0 saturated heterocycles. The summed E-state index contributed by atoms with van der Waals surface area (Å²) in [6.07, 6.45) is 45.6. The lowest BCUT2D eigenvalue weighted by Crippen LogP contribution is -2.25. The predicted octanol–water partition coefficient (Wildman–Crippen LogP) is 36.0. The zero-order chi connectivity index (χ0) is 86.2. The maximum Gasteiger partial charge on any atom is 0.144 e. The van der Waals surface area contributed by atoms with Crippen molar-refractivity contribution in [3.63, 3.8) is 0 Å². The number of hydrogen-bond acceptors (Lipinski definition) is 2. The molecule has 2 nitrogen and oxygen atoms in total. The summed E-state index contributed by atoms with van der Waals surface area (Å²) < 4.78 is 15.0. The van der Waals surface area contributed by atoms with Gasteiger partial charge in [-0.05, 0) is 253 Å². The van der Waals surface area contributed by atoms with E-state index in [0.717, 1.165) is 22.3 Å². The minimum atomic E-state index is -0.410. The second-order valence-corrected chi connectivity index (χ2v) is 41.9. The van der Waals surface area contributed by atoms with Crippen LogP contribution in [0.1, 0.15) is 341 Å². The molecule has 640 valence electrons. The number of fused-ring (bicyclic) bond motifs is 27. The van der Waals surface area contributed by atoms with Crippen LogP contribution in [0.2, 0.25) is 0 Å². The Balaban J connectivity index is 0.613. The summed E-state index contributed by atoms with van der Waals surface area (Å²) in [6, 6.07) is 83.1. The van der Waals surface area contributed by atoms with E-state index in [9.17, 15) is 0 Å². The van der Waals surface area contributed by atoms with E-state index in [1.807, 2.05) is 0 Å². The van der Waals surface area contributed by atoms with Crippen LogP contribution in [-0.2, 0) is 32.5 Å². The van der Waals surface area contributed by atoms with E-state index in [2.05, 4.69) is 314 Å². The fourth-order valence-electron chi connectivity index (χ4n) is 26.3. The van der Waals surface area contributed by atoms with Crippen molar-refractivity contribution in [1.29, 1.82) is 0 Å². The van der Waals surface area contributed by atoms with Gasteiger partial charge in [0.2, 0.25) is 0 Å². The number of rotatable bonds is 32. The van der Waals surface area contributed by atoms with E-state index in [-0.39, 0.29) is 33.7 Å². The molecule has 0 radical (unpaired) electrons. The van der Waals surface area contributed by atoms with Crippen LogP contribution < -0.4 is 4.74 Å². The largest absolute Gasteiger partial charge is 0.484 e. The number of ether oxygens (including phenoxy) is 1. The number of para-hydroxylation sites is 1. The highest BCUT2D eigenvalue weighted by Gasteiger charge is 2.52. The van der Waals surface area contributed by atoms with Gasteiger partial charge in [0.1, 0.15) is 23.0 Å². The lowest BCUT2D eigenvalue weighted by molar-refractivity contribution is 0.269. The first-order chi connectivity index (χ1) is 61.4. The molecule has 2 unspecified atom stereocenters. The maximum atomic E-state index is 7.54. The SMILES string of the molecule is CCCCCCCCC1(CCCCCCCC)c2ccccc2-c2ccc(-c3ccc4c(c3)C(C)(C)c3cc(-c5cc6c(c7c5C5C=CC=CC5O7)-c5ccc7c(c5C6(C)C)C(C)(C)c5cc(-c6ccc8c(c6)C(C)(C)c6cc(-c9ccc%10c(c9)C(CCCCCCCC)(CCCCCCCC)c9ccccc9-%10)ccc6-8)c6c(oc8ccccc86)c5-7)ccc3-4)cc21. The first kappa shape index (κ1) is 82.7. The van der Waals surface area contributed by atoms with E-state index in [0.29, 0.717) is 0 Å². The summed E-state index contributed by atoms with van der Waals surface area (Å²) in [5.74, 6) is 1.13. The van der Waals surface area contributed by atoms with Gasteiger partial charge in [0.15, 0.2) is 0 Å². The van der Waals surface area contributed by atoms with Crippen LogP contribution in [0, 0.1) is 0 Å². The zero-order valence-corrected chi connectivity index (χ0v) is 77.7. The Labute approximate surface area is 753 Å². The van der Waals surface area contributed by atoms with Crippen LogP contribution in [0.3, 0.4) is 0 Å². The molecule has 0 N–H and O–H groups in total. The first-order valence-electron chi connectivity index (χ1n) is 49.9. The standard InChI is InChI=1S/C124H132O2/c1-13-17-21-25-29-41-67-123(68-42-30-26-22-18-14-2)99-49-37-33-45-85(99)91-61-55-81(73-105(91)123)79-53-59-87-89-63-57-83(75-103(89)119(5,6)101(87)71-79)97-77-107-113(117-111(97)93-47-35-39-51-109(93)125-117)95-65-66-96-114-108(122(11,12)116(96)115(95)121(107,9)10)78-98(112-94-48-36-40-52-110(94)126-118(112)114)84-58-64-90-88-60-54-80(72-102(88)120(7,8)104(90)76-84)82-56-62-92-86-46-34-38-50-100(86)124(106(92)74-82,69-43-31-27-23-19-15-3)70-44-32-28-24-20-16-4/h33-40,45-66,71-78,93,109H,13-32,41-44,67-70H2,1-12H3. The van der Waals surface area contributed by atoms with Crippen LogP contribution in [0.15, 0.2) is 235 Å². The number of allylic oxidation sites excluding steroid dienone is 2. The summed E-state index contributed by atoms with van der Waals surface area (Å²) in [6.45, 7) is 29.3. The molecule has 0 spiro atoms. The van der Waals surface area contributed by atoms with Crippen molar-refractivity contribution in [2.24, 2.45) is 0 Å². The topological polar surface area (TPSA) is 22.4 Å². The van der Waals surface area contributed by atoms with Gasteiger partial charge < -0.3 is 9.15 Å². The summed E-state index contributed by atoms with van der Waals surface area (Å²) in [7, 11) is 0. The molecule has 0 saturated carbocycles. The van der Waals surface area contributed by atoms with Gasteiger partial charge in [-0.3, -0.25) is 0 Å². The third-order valence-corrected chi connectivity index (χ3v) is 33.0. The molecule has 12 aromatic carbocycles. The first-order valence-corrected chi connectivity index (χ1v) is 49.9. The van der Waals surface area contributed by atoms with Gasteiger partial charge in [0.25, 0.3) is 0 Å². The van der Waals surface area contributed by atoms with Crippen LogP contribution in [0.5, 0.6) is 5.75 Å². The quantitative estimate of drug-likeness (QED) is 0.0392. The van der Waals surface area contributed by atoms with Crippen molar-refractivity contribution in [3.05, 3.63) is 303 Å². The predicted molar refractivity (Wildman–Crippen MR) is 536 cm³/mol. The second kappa shape index (κ2) is 32.5. The highest BCUT2D eigenvalue weighted by atomic mass is 16.5. The summed E-state index contributed by atoms with van der Waals surface area (Å²) in [4.78, 5) is 0. The van der Waals surface area contributed by atoms with Gasteiger partial charge >= 0.3 is 0 Å². The monoisotopic (exact) mass is 1650 g/mol. The number of furan rings is 1. The molecule has 1 aromatic heterocycles. The molecule has 7 aliphatic carbocycles. The molecule has 0 bridgehead atoms. The van der Waals surface area contributed by atoms with E-state index >= 15 is 0 Å². The van der Waals surface area contributed by atoms with Crippen molar-refractivity contribution >= 4 is 21.9 Å². The Morgan fingerprint density at radius 1 is 0.270 bits per heavy atom. The van der Waals surface area contributed by atoms with Gasteiger partial charge in [-0.2, -0.15) is 0 Å². The molecule has 2 heteroatoms. The second-order valence-electron chi connectivity index (χ2n) is 41.9. The third-order valence-electron chi connectivity index (χ3n) is 33.0. The van der Waals surface area contributed by atoms with E-state index in [1.165, 1.54) is 347 Å². The smallest absolute Gasteiger partial charge is 0.144 e. The Morgan fingerprint density at radius 2 is 0.611 bits per heavy atom. The molecule has 126 heavy (non-hydrogen) atoms. The van der Waals surface area contributed by atoms with Crippen molar-refractivity contribution < 1.29 is 9.15 Å². The number of hydrogen-bond donors (Lipinski definition) is 0. The molecule has 0 amide bonds. The van der Waals surface area contributed by atoms with Crippen molar-refractivity contribution in [1.82, 2.24) is 0 Å². The van der Waals surface area contributed by atoms with E-state index in [4.69, 9.17) is 9.15 Å². The van der Waals surface area contributed by atoms with Crippen molar-refractivity contribution in [2.45, 2.75) is 307 Å². The maximum absolute atomic E-state index is 7.54. The molecular weight excluding hydrogens is 1520 g/mol. The number of unbranched alkanes of at least 4 members (excludes halogenated alkanes) is 20. The molecule has 13 aromatic rings. The minimum absolute atomic E-state index is 0.0267. The van der Waals surface area contributed by atoms with Gasteiger partial charge in [0.05, 0.1) is 0 Å². The van der Waals surface area contributed by atoms with Crippen LogP contribution >= 0.6 is 0 Å². The summed E-state index contributed by atoms with van der Waals surface area (Å²) in [5, 5.41) is 2.35. The van der Waals surface area contributed by atoms with Crippen molar-refractivity contribution in [2.75, 3.05) is 0 Å². The van der Waals surface area contributed by atoms with Gasteiger partial charge in [-0.15, -0.1) is 0 Å². The zero-order valence-electron chi connectivity index (χ0n) is 77.7. The average Bonchev–Trinajstić information content (AvgIpc) is 1.51. The molecule has 2 atom stereocenters. The van der Waals surface area contributed by atoms with E-state index < -0.39 is 10.8 Å². The van der Waals surface area contributed by atoms with Crippen LogP contribution in [0.4, 0.5) is 0 Å². The Morgan fingerprint density at radius 3 is 1.07 bits per heavy atom. The highest BCUT2D eigenvalue weighted by Crippen LogP contribution is 2.67. The van der Waals surface area contributed by atoms with Gasteiger partial charge in [-0.25, -0.2) is 0 Å². The Bertz CT molecular complexity index is 6500. The lowest BCUT2D eigenvalue weighted by Gasteiger charge is -2.33. The average molecular weight is 1650 g/mol. The normalized spacial score (nSPS) is 17.5. The fourth-order valence-corrected chi connectivity index (χ4v) is 26.3. The third kappa shape index (κ3) is 13.1. The molecule has 8 aliphatic rings. The fraction of sp³-hybridized carbons (Fsp3) is 0.387. The van der Waals surface area contributed by atoms with Crippen molar-refractivity contribution in [3.8, 4) is 117 Å². The molecule has 21 rings (SSSR count). The summed E-state index contributed by atoms with van der Waals surface area (Å²) in [5.41, 5.74) is 45.9. The van der Waals surface area contributed by atoms with Gasteiger partial charge in [-0.1, -0.05) is 407 Å². The van der Waals surface area contributed by atoms with Crippen LogP contribution in [0.25, 0.3) is 133 Å². The Hall–Kier alpha value is -10.3. The molecule has 1 aliphatic heterocycles. The molecular formula is C124H132O2. The van der Waals surface area contributed by atoms with Crippen LogP contribution in [-0.4, -0.2) is 6.10 Å². The highest BCUT2D eigenvalue weighted by molar-refractivity contribution is 6.19.